The number of aryl methyl sites for hydroxylation is 3. The molecule has 0 saturated carbocycles. The number of aromatic nitrogens is 4. The summed E-state index contributed by atoms with van der Waals surface area (Å²) in [5.41, 5.74) is 7.03. The third-order valence-corrected chi connectivity index (χ3v) is 9.10. The normalized spacial score (nSPS) is 15.5. The zero-order chi connectivity index (χ0) is 46.7. The van der Waals surface area contributed by atoms with E-state index in [1.54, 1.807) is 26.0 Å². The third-order valence-electron chi connectivity index (χ3n) is 9.10. The summed E-state index contributed by atoms with van der Waals surface area (Å²) >= 11 is 0. The van der Waals surface area contributed by atoms with Crippen molar-refractivity contribution >= 4 is 33.1 Å². The Bertz CT molecular complexity index is 2960. The van der Waals surface area contributed by atoms with Gasteiger partial charge in [-0.3, -0.25) is 4.98 Å². The van der Waals surface area contributed by atoms with Crippen molar-refractivity contribution in [2.24, 2.45) is 5.92 Å². The van der Waals surface area contributed by atoms with Crippen molar-refractivity contribution in [3.05, 3.63) is 143 Å². The minimum atomic E-state index is -2.47. The van der Waals surface area contributed by atoms with Gasteiger partial charge >= 0.3 is 0 Å². The van der Waals surface area contributed by atoms with Crippen molar-refractivity contribution in [3.8, 4) is 28.3 Å². The van der Waals surface area contributed by atoms with Gasteiger partial charge in [-0.05, 0) is 84.5 Å². The molecule has 8 aromatic rings. The number of hydrogen-bond acceptors (Lipinski definition) is 4. The summed E-state index contributed by atoms with van der Waals surface area (Å²) in [6, 6.07) is 33.6. The second-order valence-corrected chi connectivity index (χ2v) is 14.0. The van der Waals surface area contributed by atoms with Crippen LogP contribution < -0.4 is 0 Å². The summed E-state index contributed by atoms with van der Waals surface area (Å²) in [5.74, 6) is 0.610. The zero-order valence-electron chi connectivity index (χ0n) is 42.0. The van der Waals surface area contributed by atoms with Gasteiger partial charge in [0.2, 0.25) is 5.71 Å². The first-order valence-corrected chi connectivity index (χ1v) is 17.8. The van der Waals surface area contributed by atoms with E-state index in [-0.39, 0.29) is 71.5 Å². The molecule has 0 N–H and O–H groups in total. The molecule has 0 spiro atoms. The molecule has 0 saturated heterocycles. The van der Waals surface area contributed by atoms with Crippen LogP contribution in [-0.2, 0) is 26.5 Å². The van der Waals surface area contributed by atoms with Crippen molar-refractivity contribution in [2.45, 2.75) is 80.3 Å². The van der Waals surface area contributed by atoms with E-state index in [4.69, 9.17) is 24.5 Å². The van der Waals surface area contributed by atoms with E-state index < -0.39 is 26.9 Å². The molecule has 1 radical (unpaired) electrons. The monoisotopic (exact) mass is 900 g/mol. The maximum absolute atomic E-state index is 8.28. The predicted molar refractivity (Wildman–Crippen MR) is 220 cm³/mol. The van der Waals surface area contributed by atoms with Gasteiger partial charge in [0, 0.05) is 58.1 Å². The molecule has 0 aliphatic carbocycles. The van der Waals surface area contributed by atoms with E-state index in [1.165, 1.54) is 24.4 Å². The molecular weight excluding hydrogens is 841 g/mol. The number of imidazole rings is 1. The van der Waals surface area contributed by atoms with Gasteiger partial charge in [0.15, 0.2) is 0 Å². The SMILES string of the molecule is [2H]C([2H])([2H])c1ccc2c(n1)oc1c(-c3nc4ccccc4n3-c3c(C(C)C)cccc3C(C)C)[c-]cc(C([2H])([2H])[2H])c12.[2H]C([2H])([2H])c1cnc(-c2[c-]cccc2)cc1C([2H])([2H])C(C)C.[Ir]. The standard InChI is InChI=1S/C32H30N3O.C16H18N.Ir/c1-18(2)22-10-9-11-23(19(3)4)29(22)35-27-13-8-7-12-26(27)34-31(35)25-16-14-20(5)28-24-17-15-21(6)33-32(24)36-30(25)28;1-12(2)9-15-10-16(17-11-13(15)3)14-7-5-4-6-8-14;/h7-15,17-19H,1-6H3;4-7,10-12H,9H2,1-3H3;/q2*-1;/i5D3,6D3;3D3,9D2;. The molecule has 0 aliphatic rings. The summed E-state index contributed by atoms with van der Waals surface area (Å²) in [5, 5.41) is 0.774. The number of nitrogens with zero attached hydrogens (tertiary/aromatic N) is 4. The first-order chi connectivity index (χ1) is 29.9. The molecule has 5 nitrogen and oxygen atoms in total. The molecule has 54 heavy (non-hydrogen) atoms. The van der Waals surface area contributed by atoms with Crippen LogP contribution in [-0.4, -0.2) is 19.5 Å². The van der Waals surface area contributed by atoms with Crippen molar-refractivity contribution < 1.29 is 39.6 Å². The molecule has 4 heterocycles. The molecule has 4 aromatic carbocycles. The van der Waals surface area contributed by atoms with Gasteiger partial charge in [-0.15, -0.1) is 53.6 Å². The second kappa shape index (κ2) is 16.2. The largest absolute Gasteiger partial charge is 0.486 e. The number of fused-ring (bicyclic) bond motifs is 4. The molecule has 0 aliphatic heterocycles. The average Bonchev–Trinajstić information content (AvgIpc) is 3.81. The Balaban J connectivity index is 0.000000258. The van der Waals surface area contributed by atoms with Crippen molar-refractivity contribution in [3.63, 3.8) is 0 Å². The number of hydrogen-bond donors (Lipinski definition) is 0. The Morgan fingerprint density at radius 3 is 2.26 bits per heavy atom. The topological polar surface area (TPSA) is 56.7 Å². The number of benzene rings is 4. The van der Waals surface area contributed by atoms with Crippen LogP contribution in [0.4, 0.5) is 0 Å². The van der Waals surface area contributed by atoms with Crippen molar-refractivity contribution in [1.82, 2.24) is 19.5 Å². The maximum atomic E-state index is 8.28. The van der Waals surface area contributed by atoms with E-state index in [0.717, 1.165) is 27.8 Å². The molecule has 4 aromatic heterocycles. The van der Waals surface area contributed by atoms with Crippen molar-refractivity contribution in [1.29, 1.82) is 0 Å². The Morgan fingerprint density at radius 2 is 1.57 bits per heavy atom. The zero-order valence-corrected chi connectivity index (χ0v) is 33.4. The Labute approximate surface area is 348 Å². The third kappa shape index (κ3) is 7.56. The summed E-state index contributed by atoms with van der Waals surface area (Å²) in [4.78, 5) is 13.5. The Kier molecular flexibility index (Phi) is 8.05. The van der Waals surface area contributed by atoms with Gasteiger partial charge in [-0.25, -0.2) is 4.98 Å². The van der Waals surface area contributed by atoms with Crippen LogP contribution in [0.1, 0.15) is 102 Å². The molecule has 0 amide bonds. The Morgan fingerprint density at radius 1 is 0.815 bits per heavy atom. The van der Waals surface area contributed by atoms with Crippen LogP contribution in [0.3, 0.4) is 0 Å². The van der Waals surface area contributed by atoms with Crippen LogP contribution in [0.2, 0.25) is 0 Å². The molecule has 8 rings (SSSR count). The van der Waals surface area contributed by atoms with Crippen LogP contribution in [0.25, 0.3) is 61.4 Å². The smallest absolute Gasteiger partial charge is 0.216 e. The van der Waals surface area contributed by atoms with Gasteiger partial charge in [0.1, 0.15) is 0 Å². The van der Waals surface area contributed by atoms with Gasteiger partial charge in [-0.1, -0.05) is 101 Å². The van der Waals surface area contributed by atoms with Crippen LogP contribution >= 0.6 is 0 Å². The number of rotatable bonds is 7. The quantitative estimate of drug-likeness (QED) is 0.150. The summed E-state index contributed by atoms with van der Waals surface area (Å²) in [6.45, 7) is 4.78. The van der Waals surface area contributed by atoms with E-state index >= 15 is 0 Å². The predicted octanol–water partition coefficient (Wildman–Crippen LogP) is 12.7. The maximum Gasteiger partial charge on any atom is 0.216 e. The fourth-order valence-corrected chi connectivity index (χ4v) is 6.65. The molecule has 277 valence electrons. The van der Waals surface area contributed by atoms with Crippen molar-refractivity contribution in [2.75, 3.05) is 0 Å². The number of para-hydroxylation sites is 3. The number of pyridine rings is 2. The van der Waals surface area contributed by atoms with Gasteiger partial charge in [-0.2, -0.15) is 0 Å². The first kappa shape index (κ1) is 26.8. The fourth-order valence-electron chi connectivity index (χ4n) is 6.65. The van der Waals surface area contributed by atoms with Crippen LogP contribution in [0.5, 0.6) is 0 Å². The molecule has 0 bridgehead atoms. The number of furan rings is 1. The van der Waals surface area contributed by atoms with E-state index in [1.807, 2.05) is 42.5 Å². The van der Waals surface area contributed by atoms with E-state index in [0.29, 0.717) is 33.4 Å². The first-order valence-electron chi connectivity index (χ1n) is 23.3. The van der Waals surface area contributed by atoms with Crippen LogP contribution in [0.15, 0.2) is 102 Å². The van der Waals surface area contributed by atoms with Crippen LogP contribution in [0, 0.1) is 38.6 Å². The summed E-state index contributed by atoms with van der Waals surface area (Å²) in [7, 11) is 0. The average molecular weight is 900 g/mol. The fraction of sp³-hybridized carbons (Fsp3) is 0.271. The second-order valence-electron chi connectivity index (χ2n) is 14.0. The minimum Gasteiger partial charge on any atom is -0.486 e. The molecule has 0 atom stereocenters. The minimum absolute atomic E-state index is 0. The molecular formula is C48H48IrN4O-2. The molecule has 0 fully saturated rings. The van der Waals surface area contributed by atoms with E-state index in [9.17, 15) is 0 Å². The molecule has 6 heteroatoms. The Hall–Kier alpha value is -4.90. The summed E-state index contributed by atoms with van der Waals surface area (Å²) in [6.07, 6.45) is -0.491. The van der Waals surface area contributed by atoms with Gasteiger partial charge < -0.3 is 14.0 Å². The molecule has 0 unspecified atom stereocenters. The van der Waals surface area contributed by atoms with E-state index in [2.05, 4.69) is 72.6 Å². The summed E-state index contributed by atoms with van der Waals surface area (Å²) < 4.78 is 96.0. The van der Waals surface area contributed by atoms with Gasteiger partial charge in [0.05, 0.1) is 22.4 Å². The van der Waals surface area contributed by atoms with Gasteiger partial charge in [0.25, 0.3) is 0 Å².